The van der Waals surface area contributed by atoms with Gasteiger partial charge >= 0.3 is 0 Å². The van der Waals surface area contributed by atoms with Crippen molar-refractivity contribution in [3.05, 3.63) is 59.2 Å². The maximum Gasteiger partial charge on any atom is 0.248 e. The molecule has 3 rings (SSSR count). The van der Waals surface area contributed by atoms with Crippen molar-refractivity contribution < 1.29 is 14.6 Å². The Balaban J connectivity index is 2.12. The lowest BCUT2D eigenvalue weighted by Crippen LogP contribution is -2.13. The molecule has 1 amide bonds. The highest BCUT2D eigenvalue weighted by Crippen LogP contribution is 2.38. The molecule has 0 bridgehead atoms. The molecular weight excluding hydrogens is 266 g/mol. The number of hydrogen-bond donors (Lipinski definition) is 2. The average molecular weight is 281 g/mol. The van der Waals surface area contributed by atoms with Gasteiger partial charge in [-0.2, -0.15) is 0 Å². The maximum atomic E-state index is 11.3. The van der Waals surface area contributed by atoms with Crippen molar-refractivity contribution >= 4 is 17.1 Å². The summed E-state index contributed by atoms with van der Waals surface area (Å²) in [7, 11) is 0. The van der Waals surface area contributed by atoms with Crippen molar-refractivity contribution in [2.24, 2.45) is 5.73 Å². The van der Waals surface area contributed by atoms with Crippen LogP contribution in [0.3, 0.4) is 0 Å². The minimum atomic E-state index is -0.454. The van der Waals surface area contributed by atoms with Crippen molar-refractivity contribution in [3.63, 3.8) is 0 Å². The fourth-order valence-electron chi connectivity index (χ4n) is 2.52. The second-order valence-electron chi connectivity index (χ2n) is 5.02. The molecule has 0 saturated carbocycles. The summed E-state index contributed by atoms with van der Waals surface area (Å²) in [4.78, 5) is 11.3. The Morgan fingerprint density at radius 3 is 2.81 bits per heavy atom. The zero-order valence-electron chi connectivity index (χ0n) is 11.6. The number of phenolic OH excluding ortho intramolecular Hbond substituents is 1. The molecule has 2 aromatic carbocycles. The van der Waals surface area contributed by atoms with Crippen LogP contribution in [0.2, 0.25) is 0 Å². The summed E-state index contributed by atoms with van der Waals surface area (Å²) < 4.78 is 5.73. The lowest BCUT2D eigenvalue weighted by atomic mass is 9.93. The number of carbonyl (C=O) groups excluding carboxylic acids is 1. The predicted molar refractivity (Wildman–Crippen MR) is 81.0 cm³/mol. The Morgan fingerprint density at radius 2 is 2.05 bits per heavy atom. The van der Waals surface area contributed by atoms with Crippen molar-refractivity contribution in [1.82, 2.24) is 0 Å². The van der Waals surface area contributed by atoms with Gasteiger partial charge in [0.15, 0.2) is 0 Å². The molecule has 1 heterocycles. The molecule has 3 N–H and O–H groups in total. The quantitative estimate of drug-likeness (QED) is 0.889. The summed E-state index contributed by atoms with van der Waals surface area (Å²) >= 11 is 0. The molecule has 0 aliphatic carbocycles. The molecule has 0 unspecified atom stereocenters. The molecule has 4 nitrogen and oxygen atoms in total. The van der Waals surface area contributed by atoms with Gasteiger partial charge in [-0.05, 0) is 48.4 Å². The van der Waals surface area contributed by atoms with Crippen LogP contribution < -0.4 is 10.5 Å². The van der Waals surface area contributed by atoms with Crippen molar-refractivity contribution in [1.29, 1.82) is 0 Å². The number of fused-ring (bicyclic) bond motifs is 1. The standard InChI is InChI=1S/C17H15NO3/c1-10-14-8-13(19)5-6-16(14)21-9-15(10)11-3-2-4-12(7-11)17(18)20/h2-8,19H,9H2,1H3,(H2,18,20). The van der Waals surface area contributed by atoms with E-state index in [1.807, 2.05) is 13.0 Å². The van der Waals surface area contributed by atoms with E-state index in [0.717, 1.165) is 28.0 Å². The van der Waals surface area contributed by atoms with Gasteiger partial charge in [-0.3, -0.25) is 4.79 Å². The van der Waals surface area contributed by atoms with Gasteiger partial charge in [-0.1, -0.05) is 12.1 Å². The number of amides is 1. The van der Waals surface area contributed by atoms with E-state index in [9.17, 15) is 9.90 Å². The van der Waals surface area contributed by atoms with Gasteiger partial charge in [0.05, 0.1) is 0 Å². The van der Waals surface area contributed by atoms with Gasteiger partial charge in [0, 0.05) is 16.7 Å². The SMILES string of the molecule is CC1=C(c2cccc(C(N)=O)c2)COc2ccc(O)cc21. The first kappa shape index (κ1) is 13.2. The van der Waals surface area contributed by atoms with Gasteiger partial charge in [0.2, 0.25) is 5.91 Å². The second-order valence-corrected chi connectivity index (χ2v) is 5.02. The largest absolute Gasteiger partial charge is 0.508 e. The van der Waals surface area contributed by atoms with Crippen LogP contribution >= 0.6 is 0 Å². The molecule has 2 aromatic rings. The zero-order valence-corrected chi connectivity index (χ0v) is 11.6. The van der Waals surface area contributed by atoms with Gasteiger partial charge in [0.1, 0.15) is 18.1 Å². The van der Waals surface area contributed by atoms with Crippen LogP contribution in [-0.4, -0.2) is 17.6 Å². The maximum absolute atomic E-state index is 11.3. The molecule has 106 valence electrons. The van der Waals surface area contributed by atoms with Crippen LogP contribution in [0.5, 0.6) is 11.5 Å². The Hall–Kier alpha value is -2.75. The lowest BCUT2D eigenvalue weighted by molar-refractivity contribution is 0.1000. The van der Waals surface area contributed by atoms with E-state index in [0.29, 0.717) is 12.2 Å². The fourth-order valence-corrected chi connectivity index (χ4v) is 2.52. The molecule has 0 fully saturated rings. The summed E-state index contributed by atoms with van der Waals surface area (Å²) in [5.74, 6) is 0.494. The van der Waals surface area contributed by atoms with Gasteiger partial charge in [0.25, 0.3) is 0 Å². The molecule has 0 spiro atoms. The minimum Gasteiger partial charge on any atom is -0.508 e. The van der Waals surface area contributed by atoms with E-state index < -0.39 is 5.91 Å². The minimum absolute atomic E-state index is 0.198. The topological polar surface area (TPSA) is 72.6 Å². The highest BCUT2D eigenvalue weighted by atomic mass is 16.5. The van der Waals surface area contributed by atoms with E-state index in [1.165, 1.54) is 0 Å². The highest BCUT2D eigenvalue weighted by molar-refractivity contribution is 5.97. The first-order valence-corrected chi connectivity index (χ1v) is 6.62. The first-order valence-electron chi connectivity index (χ1n) is 6.62. The Morgan fingerprint density at radius 1 is 1.24 bits per heavy atom. The van der Waals surface area contributed by atoms with Gasteiger partial charge < -0.3 is 15.6 Å². The van der Waals surface area contributed by atoms with Crippen LogP contribution in [0, 0.1) is 0 Å². The average Bonchev–Trinajstić information content (AvgIpc) is 2.48. The van der Waals surface area contributed by atoms with E-state index in [4.69, 9.17) is 10.5 Å². The third-order valence-corrected chi connectivity index (χ3v) is 3.69. The van der Waals surface area contributed by atoms with Gasteiger partial charge in [-0.15, -0.1) is 0 Å². The number of ether oxygens (including phenoxy) is 1. The second kappa shape index (κ2) is 4.98. The van der Waals surface area contributed by atoms with Crippen LogP contribution in [0.25, 0.3) is 11.1 Å². The molecule has 1 aliphatic rings. The molecular formula is C17H15NO3. The fraction of sp³-hybridized carbons (Fsp3) is 0.118. The number of benzene rings is 2. The molecule has 0 atom stereocenters. The van der Waals surface area contributed by atoms with Gasteiger partial charge in [-0.25, -0.2) is 0 Å². The number of phenols is 1. The monoisotopic (exact) mass is 281 g/mol. The summed E-state index contributed by atoms with van der Waals surface area (Å²) in [6.07, 6.45) is 0. The number of hydrogen-bond acceptors (Lipinski definition) is 3. The van der Waals surface area contributed by atoms with E-state index in [2.05, 4.69) is 0 Å². The van der Waals surface area contributed by atoms with Crippen molar-refractivity contribution in [2.45, 2.75) is 6.92 Å². The third-order valence-electron chi connectivity index (χ3n) is 3.69. The summed E-state index contributed by atoms with van der Waals surface area (Å²) in [6, 6.07) is 12.2. The summed E-state index contributed by atoms with van der Waals surface area (Å²) in [5, 5.41) is 9.64. The van der Waals surface area contributed by atoms with Crippen LogP contribution in [0.15, 0.2) is 42.5 Å². The van der Waals surface area contributed by atoms with Crippen LogP contribution in [-0.2, 0) is 0 Å². The van der Waals surface area contributed by atoms with E-state index in [-0.39, 0.29) is 5.75 Å². The summed E-state index contributed by atoms with van der Waals surface area (Å²) in [5.41, 5.74) is 9.56. The van der Waals surface area contributed by atoms with Crippen molar-refractivity contribution in [3.8, 4) is 11.5 Å². The normalized spacial score (nSPS) is 13.6. The number of aromatic hydroxyl groups is 1. The highest BCUT2D eigenvalue weighted by Gasteiger charge is 2.19. The Kier molecular flexibility index (Phi) is 3.14. The number of carbonyl (C=O) groups is 1. The predicted octanol–water partition coefficient (Wildman–Crippen LogP) is 2.81. The first-order chi connectivity index (χ1) is 10.1. The summed E-state index contributed by atoms with van der Waals surface area (Å²) in [6.45, 7) is 2.40. The molecule has 21 heavy (non-hydrogen) atoms. The number of nitrogens with two attached hydrogens (primary N) is 1. The number of rotatable bonds is 2. The molecule has 0 aromatic heterocycles. The van der Waals surface area contributed by atoms with Crippen LogP contribution in [0.1, 0.15) is 28.4 Å². The van der Waals surface area contributed by atoms with Crippen LogP contribution in [0.4, 0.5) is 0 Å². The molecule has 4 heteroatoms. The molecule has 0 saturated heterocycles. The molecule has 1 aliphatic heterocycles. The Bertz CT molecular complexity index is 762. The molecule has 0 radical (unpaired) electrons. The number of primary amides is 1. The Labute approximate surface area is 122 Å². The number of allylic oxidation sites excluding steroid dienone is 1. The van der Waals surface area contributed by atoms with Crippen molar-refractivity contribution in [2.75, 3.05) is 6.61 Å². The zero-order chi connectivity index (χ0) is 15.0. The van der Waals surface area contributed by atoms with E-state index >= 15 is 0 Å². The third kappa shape index (κ3) is 2.36. The van der Waals surface area contributed by atoms with E-state index in [1.54, 1.807) is 36.4 Å². The smallest absolute Gasteiger partial charge is 0.248 e. The lowest BCUT2D eigenvalue weighted by Gasteiger charge is -2.23.